The van der Waals surface area contributed by atoms with Gasteiger partial charge >= 0.3 is 0 Å². The lowest BCUT2D eigenvalue weighted by Gasteiger charge is -2.34. The van der Waals surface area contributed by atoms with E-state index < -0.39 is 5.41 Å². The molecule has 246 valence electrons. The molecule has 0 aliphatic heterocycles. The van der Waals surface area contributed by atoms with E-state index in [1.54, 1.807) is 0 Å². The first kappa shape index (κ1) is 32.1. The van der Waals surface area contributed by atoms with Crippen LogP contribution in [0.1, 0.15) is 42.7 Å². The van der Waals surface area contributed by atoms with E-state index in [1.165, 1.54) is 39.0 Å². The van der Waals surface area contributed by atoms with Crippen LogP contribution in [0.15, 0.2) is 188 Å². The molecule has 2 aliphatic rings. The summed E-state index contributed by atoms with van der Waals surface area (Å²) in [5.41, 5.74) is 14.5. The maximum atomic E-state index is 5.10. The molecule has 51 heavy (non-hydrogen) atoms. The molecular weight excluding hydrogens is 617 g/mol. The summed E-state index contributed by atoms with van der Waals surface area (Å²) in [5, 5.41) is 0. The molecule has 6 aromatic rings. The average Bonchev–Trinajstić information content (AvgIpc) is 3.49. The highest BCUT2D eigenvalue weighted by Gasteiger charge is 2.46. The Labute approximate surface area is 301 Å². The van der Waals surface area contributed by atoms with Gasteiger partial charge in [0.05, 0.1) is 16.8 Å². The van der Waals surface area contributed by atoms with E-state index in [9.17, 15) is 0 Å². The Morgan fingerprint density at radius 1 is 0.686 bits per heavy atom. The van der Waals surface area contributed by atoms with Crippen molar-refractivity contribution >= 4 is 5.57 Å². The molecule has 0 N–H and O–H groups in total. The maximum Gasteiger partial charge on any atom is 0.160 e. The van der Waals surface area contributed by atoms with Gasteiger partial charge in [-0.05, 0) is 81.5 Å². The lowest BCUT2D eigenvalue weighted by atomic mass is 9.67. The van der Waals surface area contributed by atoms with Crippen molar-refractivity contribution in [3.63, 3.8) is 0 Å². The molecule has 2 aliphatic carbocycles. The smallest absolute Gasteiger partial charge is 0.160 e. The summed E-state index contributed by atoms with van der Waals surface area (Å²) >= 11 is 0. The number of allylic oxidation sites excluding steroid dienone is 9. The van der Waals surface area contributed by atoms with Crippen LogP contribution in [0.5, 0.6) is 0 Å². The summed E-state index contributed by atoms with van der Waals surface area (Å²) in [6, 6.07) is 47.9. The van der Waals surface area contributed by atoms with Gasteiger partial charge in [0, 0.05) is 11.1 Å². The Hall–Kier alpha value is -6.12. The third-order valence-corrected chi connectivity index (χ3v) is 10.2. The van der Waals surface area contributed by atoms with Gasteiger partial charge < -0.3 is 0 Å². The van der Waals surface area contributed by atoms with E-state index in [2.05, 4.69) is 184 Å². The fraction of sp³-hybridized carbons (Fsp3) is 0.102. The van der Waals surface area contributed by atoms with E-state index in [0.717, 1.165) is 45.9 Å². The highest BCUT2D eigenvalue weighted by atomic mass is 14.9. The molecular formula is C49H40N2. The van der Waals surface area contributed by atoms with Crippen molar-refractivity contribution in [2.75, 3.05) is 0 Å². The Morgan fingerprint density at radius 2 is 1.35 bits per heavy atom. The second-order valence-corrected chi connectivity index (χ2v) is 13.4. The van der Waals surface area contributed by atoms with Crippen LogP contribution >= 0.6 is 0 Å². The first-order chi connectivity index (χ1) is 25.1. The second-order valence-electron chi connectivity index (χ2n) is 13.4. The largest absolute Gasteiger partial charge is 0.228 e. The minimum absolute atomic E-state index is 0.462. The molecule has 0 bridgehead atoms. The lowest BCUT2D eigenvalue weighted by Crippen LogP contribution is -2.29. The molecule has 0 fully saturated rings. The summed E-state index contributed by atoms with van der Waals surface area (Å²) in [6.45, 7) is 8.42. The van der Waals surface area contributed by atoms with Gasteiger partial charge in [-0.2, -0.15) is 0 Å². The fourth-order valence-corrected chi connectivity index (χ4v) is 7.76. The molecule has 1 aromatic heterocycles. The Balaban J connectivity index is 1.22. The van der Waals surface area contributed by atoms with E-state index in [0.29, 0.717) is 5.92 Å². The topological polar surface area (TPSA) is 25.8 Å². The van der Waals surface area contributed by atoms with Gasteiger partial charge in [0.1, 0.15) is 0 Å². The van der Waals surface area contributed by atoms with Gasteiger partial charge in [-0.3, -0.25) is 0 Å². The number of hydrogen-bond donors (Lipinski definition) is 0. The van der Waals surface area contributed by atoms with Gasteiger partial charge in [-0.25, -0.2) is 9.97 Å². The molecule has 0 saturated carbocycles. The quantitative estimate of drug-likeness (QED) is 0.152. The zero-order chi connectivity index (χ0) is 34.8. The standard InChI is InChI=1S/C49H40N2/c1-4-14-40(15-5-2)49(41-18-10-7-11-19-41)44-21-13-12-20-42(44)43-32-39(30-31-45(43)49)35-26-28-38(29-27-35)48-50-46(36-16-8-6-9-17-36)33-47(51-48)37-24-22-34(3)23-25-37/h4-22,24-34H,1,23H2,2-3H3/b15-5-,40-14+. The van der Waals surface area contributed by atoms with E-state index in [4.69, 9.17) is 9.97 Å². The first-order valence-electron chi connectivity index (χ1n) is 17.8. The summed E-state index contributed by atoms with van der Waals surface area (Å²) in [5.74, 6) is 1.27. The van der Waals surface area contributed by atoms with Crippen LogP contribution in [0.4, 0.5) is 0 Å². The second kappa shape index (κ2) is 13.7. The minimum Gasteiger partial charge on any atom is -0.228 e. The highest BCUT2D eigenvalue weighted by molar-refractivity contribution is 5.89. The molecule has 5 aromatic carbocycles. The number of fused-ring (bicyclic) bond motifs is 3. The molecule has 2 nitrogen and oxygen atoms in total. The molecule has 0 radical (unpaired) electrons. The molecule has 1 heterocycles. The number of benzene rings is 5. The van der Waals surface area contributed by atoms with Crippen molar-refractivity contribution < 1.29 is 0 Å². The first-order valence-corrected chi connectivity index (χ1v) is 17.8. The summed E-state index contributed by atoms with van der Waals surface area (Å²) < 4.78 is 0. The number of aromatic nitrogens is 2. The van der Waals surface area contributed by atoms with Crippen LogP contribution in [-0.2, 0) is 5.41 Å². The average molecular weight is 657 g/mol. The van der Waals surface area contributed by atoms with Crippen molar-refractivity contribution in [1.82, 2.24) is 9.97 Å². The minimum atomic E-state index is -0.462. The zero-order valence-corrected chi connectivity index (χ0v) is 29.1. The van der Waals surface area contributed by atoms with E-state index in [-0.39, 0.29) is 0 Å². The van der Waals surface area contributed by atoms with Gasteiger partial charge in [-0.15, -0.1) is 0 Å². The molecule has 0 spiro atoms. The predicted molar refractivity (Wildman–Crippen MR) is 214 cm³/mol. The fourth-order valence-electron chi connectivity index (χ4n) is 7.76. The van der Waals surface area contributed by atoms with Crippen molar-refractivity contribution in [2.45, 2.75) is 25.7 Å². The molecule has 0 saturated heterocycles. The number of nitrogens with zero attached hydrogens (tertiary/aromatic N) is 2. The number of hydrogen-bond acceptors (Lipinski definition) is 2. The number of rotatable bonds is 8. The summed E-state index contributed by atoms with van der Waals surface area (Å²) in [6.07, 6.45) is 16.2. The van der Waals surface area contributed by atoms with Crippen LogP contribution in [0.2, 0.25) is 0 Å². The lowest BCUT2D eigenvalue weighted by molar-refractivity contribution is 0.738. The van der Waals surface area contributed by atoms with E-state index in [1.807, 2.05) is 12.1 Å². The Bertz CT molecular complexity index is 2360. The summed E-state index contributed by atoms with van der Waals surface area (Å²) in [7, 11) is 0. The van der Waals surface area contributed by atoms with Gasteiger partial charge in [0.2, 0.25) is 0 Å². The van der Waals surface area contributed by atoms with Crippen molar-refractivity contribution in [2.24, 2.45) is 5.92 Å². The third kappa shape index (κ3) is 5.73. The van der Waals surface area contributed by atoms with Crippen LogP contribution in [-0.4, -0.2) is 9.97 Å². The molecule has 0 amide bonds. The van der Waals surface area contributed by atoms with Gasteiger partial charge in [-0.1, -0.05) is 177 Å². The molecule has 2 atom stereocenters. The van der Waals surface area contributed by atoms with Crippen LogP contribution in [0.25, 0.3) is 50.5 Å². The van der Waals surface area contributed by atoms with Crippen LogP contribution in [0.3, 0.4) is 0 Å². The molecule has 2 heteroatoms. The Morgan fingerprint density at radius 3 is 2.08 bits per heavy atom. The van der Waals surface area contributed by atoms with Crippen molar-refractivity contribution in [3.8, 4) is 44.9 Å². The highest BCUT2D eigenvalue weighted by Crippen LogP contribution is 2.57. The van der Waals surface area contributed by atoms with Gasteiger partial charge in [0.25, 0.3) is 0 Å². The predicted octanol–water partition coefficient (Wildman–Crippen LogP) is 12.5. The maximum absolute atomic E-state index is 5.10. The zero-order valence-electron chi connectivity index (χ0n) is 29.1. The van der Waals surface area contributed by atoms with Crippen LogP contribution in [0, 0.1) is 5.92 Å². The normalized spacial score (nSPS) is 18.0. The SMILES string of the molecule is C=C/C=C(\C=C/C)C1(c2ccccc2)c2ccccc2-c2cc(-c3ccc(-c4nc(C5=CCC(C)C=C5)cc(-c5ccccc5)n4)cc3)ccc21. The monoisotopic (exact) mass is 656 g/mol. The third-order valence-electron chi connectivity index (χ3n) is 10.2. The van der Waals surface area contributed by atoms with E-state index >= 15 is 0 Å². The van der Waals surface area contributed by atoms with Crippen molar-refractivity contribution in [3.05, 3.63) is 211 Å². The Kier molecular flexibility index (Phi) is 8.59. The molecule has 2 unspecified atom stereocenters. The van der Waals surface area contributed by atoms with Crippen molar-refractivity contribution in [1.29, 1.82) is 0 Å². The van der Waals surface area contributed by atoms with Crippen LogP contribution < -0.4 is 0 Å². The van der Waals surface area contributed by atoms with Gasteiger partial charge in [0.15, 0.2) is 5.82 Å². The molecule has 8 rings (SSSR count). The summed E-state index contributed by atoms with van der Waals surface area (Å²) in [4.78, 5) is 10.2.